The molecule has 3 N–H and O–H groups in total. The molecule has 5 heteroatoms. The summed E-state index contributed by atoms with van der Waals surface area (Å²) in [5.74, 6) is -1.18. The summed E-state index contributed by atoms with van der Waals surface area (Å²) in [5, 5.41) is 14.9. The Labute approximate surface area is 118 Å². The summed E-state index contributed by atoms with van der Waals surface area (Å²) >= 11 is 0. The quantitative estimate of drug-likeness (QED) is 0.722. The van der Waals surface area contributed by atoms with Crippen LogP contribution in [0.5, 0.6) is 0 Å². The number of amides is 1. The van der Waals surface area contributed by atoms with Crippen molar-refractivity contribution >= 4 is 11.9 Å². The topological polar surface area (TPSA) is 78.4 Å². The van der Waals surface area contributed by atoms with Gasteiger partial charge in [-0.3, -0.25) is 4.79 Å². The van der Waals surface area contributed by atoms with E-state index in [1.54, 1.807) is 0 Å². The van der Waals surface area contributed by atoms with Crippen molar-refractivity contribution < 1.29 is 14.7 Å². The number of carboxylic acids is 1. The van der Waals surface area contributed by atoms with E-state index in [-0.39, 0.29) is 11.9 Å². The molecule has 0 spiro atoms. The first-order chi connectivity index (χ1) is 9.66. The summed E-state index contributed by atoms with van der Waals surface area (Å²) in [4.78, 5) is 23.2. The SMILES string of the molecule is O=C(O)C(CCc1ccccc1)NC(=O)[C@H]1CCCN1. The van der Waals surface area contributed by atoms with Gasteiger partial charge in [-0.25, -0.2) is 4.79 Å². The number of aliphatic carboxylic acids is 1. The first kappa shape index (κ1) is 14.5. The first-order valence-electron chi connectivity index (χ1n) is 6.97. The largest absolute Gasteiger partial charge is 0.480 e. The van der Waals surface area contributed by atoms with Gasteiger partial charge in [0.15, 0.2) is 0 Å². The highest BCUT2D eigenvalue weighted by Crippen LogP contribution is 2.08. The third-order valence-electron chi connectivity index (χ3n) is 3.56. The predicted octanol–water partition coefficient (Wildman–Crippen LogP) is 0.941. The number of carboxylic acid groups (broad SMARTS) is 1. The molecule has 1 fully saturated rings. The third-order valence-corrected chi connectivity index (χ3v) is 3.56. The molecule has 0 bridgehead atoms. The molecule has 2 rings (SSSR count). The van der Waals surface area contributed by atoms with Gasteiger partial charge in [-0.1, -0.05) is 30.3 Å². The minimum Gasteiger partial charge on any atom is -0.480 e. The van der Waals surface area contributed by atoms with Gasteiger partial charge in [0.1, 0.15) is 6.04 Å². The first-order valence-corrected chi connectivity index (χ1v) is 6.97. The normalized spacial score (nSPS) is 19.5. The van der Waals surface area contributed by atoms with Gasteiger partial charge in [0.05, 0.1) is 6.04 Å². The van der Waals surface area contributed by atoms with Crippen molar-refractivity contribution in [1.82, 2.24) is 10.6 Å². The molecule has 5 nitrogen and oxygen atoms in total. The van der Waals surface area contributed by atoms with Crippen LogP contribution in [0.1, 0.15) is 24.8 Å². The monoisotopic (exact) mass is 276 g/mol. The second-order valence-corrected chi connectivity index (χ2v) is 5.07. The van der Waals surface area contributed by atoms with Gasteiger partial charge in [-0.2, -0.15) is 0 Å². The molecule has 0 saturated carbocycles. The van der Waals surface area contributed by atoms with Crippen LogP contribution < -0.4 is 10.6 Å². The summed E-state index contributed by atoms with van der Waals surface area (Å²) in [7, 11) is 0. The lowest BCUT2D eigenvalue weighted by Gasteiger charge is -2.17. The van der Waals surface area contributed by atoms with E-state index < -0.39 is 12.0 Å². The summed E-state index contributed by atoms with van der Waals surface area (Å²) in [6.07, 6.45) is 2.77. The van der Waals surface area contributed by atoms with Gasteiger partial charge in [-0.05, 0) is 37.8 Å². The number of hydrogen-bond acceptors (Lipinski definition) is 3. The van der Waals surface area contributed by atoms with Crippen molar-refractivity contribution in [2.24, 2.45) is 0 Å². The molecule has 0 aliphatic carbocycles. The fourth-order valence-corrected chi connectivity index (χ4v) is 2.39. The van der Waals surface area contributed by atoms with Gasteiger partial charge in [0.2, 0.25) is 5.91 Å². The molecular formula is C15H20N2O3. The average molecular weight is 276 g/mol. The predicted molar refractivity (Wildman–Crippen MR) is 75.4 cm³/mol. The highest BCUT2D eigenvalue weighted by molar-refractivity contribution is 5.87. The van der Waals surface area contributed by atoms with Gasteiger partial charge >= 0.3 is 5.97 Å². The summed E-state index contributed by atoms with van der Waals surface area (Å²) < 4.78 is 0. The van der Waals surface area contributed by atoms with Crippen molar-refractivity contribution in [1.29, 1.82) is 0 Å². The van der Waals surface area contributed by atoms with Crippen LogP contribution in [-0.4, -0.2) is 35.6 Å². The van der Waals surface area contributed by atoms with E-state index in [1.807, 2.05) is 30.3 Å². The molecule has 1 heterocycles. The van der Waals surface area contributed by atoms with Crippen LogP contribution in [0.4, 0.5) is 0 Å². The zero-order valence-corrected chi connectivity index (χ0v) is 11.3. The van der Waals surface area contributed by atoms with Crippen LogP contribution in [-0.2, 0) is 16.0 Å². The Balaban J connectivity index is 1.87. The van der Waals surface area contributed by atoms with Crippen molar-refractivity contribution in [2.45, 2.75) is 37.8 Å². The van der Waals surface area contributed by atoms with Crippen molar-refractivity contribution in [3.8, 4) is 0 Å². The Morgan fingerprint density at radius 2 is 2.10 bits per heavy atom. The molecular weight excluding hydrogens is 256 g/mol. The van der Waals surface area contributed by atoms with Crippen LogP contribution in [0.3, 0.4) is 0 Å². The molecule has 108 valence electrons. The molecule has 1 unspecified atom stereocenters. The maximum atomic E-state index is 11.9. The van der Waals surface area contributed by atoms with Crippen molar-refractivity contribution in [3.05, 3.63) is 35.9 Å². The van der Waals surface area contributed by atoms with Crippen LogP contribution in [0, 0.1) is 0 Å². The molecule has 1 aliphatic rings. The van der Waals surface area contributed by atoms with E-state index in [4.69, 9.17) is 0 Å². The second-order valence-electron chi connectivity index (χ2n) is 5.07. The lowest BCUT2D eigenvalue weighted by molar-refractivity contribution is -0.142. The van der Waals surface area contributed by atoms with Crippen LogP contribution in [0.25, 0.3) is 0 Å². The molecule has 1 aliphatic heterocycles. The average Bonchev–Trinajstić information content (AvgIpc) is 2.98. The number of rotatable bonds is 6. The Hall–Kier alpha value is -1.88. The van der Waals surface area contributed by atoms with E-state index in [9.17, 15) is 14.7 Å². The van der Waals surface area contributed by atoms with Crippen LogP contribution >= 0.6 is 0 Å². The van der Waals surface area contributed by atoms with Gasteiger partial charge < -0.3 is 15.7 Å². The van der Waals surface area contributed by atoms with Crippen molar-refractivity contribution in [3.63, 3.8) is 0 Å². The maximum Gasteiger partial charge on any atom is 0.326 e. The minimum absolute atomic E-state index is 0.206. The third kappa shape index (κ3) is 4.06. The highest BCUT2D eigenvalue weighted by atomic mass is 16.4. The smallest absolute Gasteiger partial charge is 0.326 e. The Morgan fingerprint density at radius 1 is 1.35 bits per heavy atom. The number of aryl methyl sites for hydroxylation is 1. The lowest BCUT2D eigenvalue weighted by Crippen LogP contribution is -2.48. The van der Waals surface area contributed by atoms with Gasteiger partial charge in [-0.15, -0.1) is 0 Å². The number of hydrogen-bond donors (Lipinski definition) is 3. The summed E-state index contributed by atoms with van der Waals surface area (Å²) in [6.45, 7) is 0.819. The van der Waals surface area contributed by atoms with E-state index in [1.165, 1.54) is 0 Å². The standard InChI is InChI=1S/C15H20N2O3/c18-14(12-7-4-10-16-12)17-13(15(19)20)9-8-11-5-2-1-3-6-11/h1-3,5-6,12-13,16H,4,7-10H2,(H,17,18)(H,19,20)/t12-,13?/m1/s1. The minimum atomic E-state index is -0.979. The zero-order valence-electron chi connectivity index (χ0n) is 11.3. The molecule has 0 radical (unpaired) electrons. The Bertz CT molecular complexity index is 455. The number of benzene rings is 1. The number of carbonyl (C=O) groups excluding carboxylic acids is 1. The molecule has 1 aromatic rings. The van der Waals surface area contributed by atoms with Crippen molar-refractivity contribution in [2.75, 3.05) is 6.54 Å². The zero-order chi connectivity index (χ0) is 14.4. The summed E-state index contributed by atoms with van der Waals surface area (Å²) in [6, 6.07) is 8.61. The van der Waals surface area contributed by atoms with E-state index in [2.05, 4.69) is 10.6 Å². The Kier molecular flexibility index (Phi) is 5.12. The highest BCUT2D eigenvalue weighted by Gasteiger charge is 2.26. The molecule has 0 aromatic heterocycles. The molecule has 1 amide bonds. The number of carbonyl (C=O) groups is 2. The Morgan fingerprint density at radius 3 is 2.70 bits per heavy atom. The fourth-order valence-electron chi connectivity index (χ4n) is 2.39. The van der Waals surface area contributed by atoms with Crippen LogP contribution in [0.15, 0.2) is 30.3 Å². The number of nitrogens with one attached hydrogen (secondary N) is 2. The summed E-state index contributed by atoms with van der Waals surface area (Å²) in [5.41, 5.74) is 1.08. The van der Waals surface area contributed by atoms with Crippen LogP contribution in [0.2, 0.25) is 0 Å². The molecule has 2 atom stereocenters. The van der Waals surface area contributed by atoms with Gasteiger partial charge in [0.25, 0.3) is 0 Å². The van der Waals surface area contributed by atoms with Gasteiger partial charge in [0, 0.05) is 0 Å². The maximum absolute atomic E-state index is 11.9. The molecule has 20 heavy (non-hydrogen) atoms. The molecule has 1 saturated heterocycles. The van der Waals surface area contributed by atoms with E-state index in [0.717, 1.165) is 24.9 Å². The lowest BCUT2D eigenvalue weighted by atomic mass is 10.0. The van der Waals surface area contributed by atoms with E-state index >= 15 is 0 Å². The second kappa shape index (κ2) is 7.05. The molecule has 1 aromatic carbocycles. The van der Waals surface area contributed by atoms with E-state index in [0.29, 0.717) is 12.8 Å². The fraction of sp³-hybridized carbons (Fsp3) is 0.467.